The van der Waals surface area contributed by atoms with E-state index in [1.165, 1.54) is 11.1 Å². The van der Waals surface area contributed by atoms with E-state index < -0.39 is 0 Å². The van der Waals surface area contributed by atoms with Crippen LogP contribution in [-0.2, 0) is 12.8 Å². The van der Waals surface area contributed by atoms with Crippen molar-refractivity contribution in [2.75, 3.05) is 0 Å². The molecule has 0 amide bonds. The number of hydrogen-bond acceptors (Lipinski definition) is 3. The molecule has 0 bridgehead atoms. The monoisotopic (exact) mass is 292 g/mol. The first-order chi connectivity index (χ1) is 10.7. The van der Waals surface area contributed by atoms with E-state index in [0.29, 0.717) is 12.2 Å². The number of benzene rings is 2. The van der Waals surface area contributed by atoms with Gasteiger partial charge >= 0.3 is 5.69 Å². The Morgan fingerprint density at radius 2 is 2.00 bits per heavy atom. The van der Waals surface area contributed by atoms with E-state index in [-0.39, 0.29) is 11.7 Å². The van der Waals surface area contributed by atoms with Crippen molar-refractivity contribution in [1.29, 1.82) is 0 Å². The minimum Gasteiger partial charge on any atom is -0.321 e. The van der Waals surface area contributed by atoms with Crippen LogP contribution in [0.25, 0.3) is 5.69 Å². The predicted molar refractivity (Wildman–Crippen MR) is 84.1 cm³/mol. The van der Waals surface area contributed by atoms with Gasteiger partial charge in [0.15, 0.2) is 5.82 Å². The van der Waals surface area contributed by atoms with Crippen LogP contribution in [0.5, 0.6) is 0 Å². The molecule has 1 aliphatic rings. The van der Waals surface area contributed by atoms with Gasteiger partial charge in [0.25, 0.3) is 0 Å². The van der Waals surface area contributed by atoms with Crippen molar-refractivity contribution in [1.82, 2.24) is 14.8 Å². The Balaban J connectivity index is 1.76. The maximum Gasteiger partial charge on any atom is 0.347 e. The third-order valence-electron chi connectivity index (χ3n) is 4.11. The van der Waals surface area contributed by atoms with Crippen molar-refractivity contribution in [3.63, 3.8) is 0 Å². The third-order valence-corrected chi connectivity index (χ3v) is 4.11. The number of nitrogens with two attached hydrogens (primary N) is 1. The molecule has 2 heterocycles. The van der Waals surface area contributed by atoms with Crippen LogP contribution in [0.1, 0.15) is 28.6 Å². The summed E-state index contributed by atoms with van der Waals surface area (Å²) in [5.74, 6) is 0.605. The highest BCUT2D eigenvalue weighted by molar-refractivity contribution is 5.48. The van der Waals surface area contributed by atoms with Gasteiger partial charge in [-0.2, -0.15) is 5.10 Å². The van der Waals surface area contributed by atoms with Crippen LogP contribution in [-0.4, -0.2) is 14.8 Å². The Labute approximate surface area is 127 Å². The van der Waals surface area contributed by atoms with Gasteiger partial charge in [-0.05, 0) is 35.6 Å². The molecule has 5 nitrogen and oxygen atoms in total. The van der Waals surface area contributed by atoms with Gasteiger partial charge in [0, 0.05) is 0 Å². The lowest BCUT2D eigenvalue weighted by Gasteiger charge is -2.22. The molecule has 22 heavy (non-hydrogen) atoms. The summed E-state index contributed by atoms with van der Waals surface area (Å²) in [6, 6.07) is 16.3. The SMILES string of the molecule is NC1Cc2cc(Cc3ccccc3)ccc2-n2c1n[nH]c2=O. The molecule has 110 valence electrons. The molecule has 0 aliphatic carbocycles. The molecule has 5 heteroatoms. The van der Waals surface area contributed by atoms with E-state index in [9.17, 15) is 4.79 Å². The molecule has 1 aliphatic heterocycles. The second-order valence-corrected chi connectivity index (χ2v) is 5.66. The number of fused-ring (bicyclic) bond motifs is 3. The number of aromatic amines is 1. The Kier molecular flexibility index (Phi) is 2.94. The van der Waals surface area contributed by atoms with Gasteiger partial charge in [0.05, 0.1) is 11.7 Å². The van der Waals surface area contributed by atoms with Gasteiger partial charge in [-0.3, -0.25) is 0 Å². The lowest BCUT2D eigenvalue weighted by Crippen LogP contribution is -2.28. The van der Waals surface area contributed by atoms with Gasteiger partial charge in [-0.1, -0.05) is 42.5 Å². The zero-order chi connectivity index (χ0) is 15.1. The van der Waals surface area contributed by atoms with E-state index >= 15 is 0 Å². The standard InChI is InChI=1S/C17H16N4O/c18-14-10-13-9-12(8-11-4-2-1-3-5-11)6-7-15(13)21-16(14)19-20-17(21)22/h1-7,9,14H,8,10,18H2,(H,20,22). The number of rotatable bonds is 2. The highest BCUT2D eigenvalue weighted by atomic mass is 16.1. The Hall–Kier alpha value is -2.66. The first-order valence-electron chi connectivity index (χ1n) is 7.31. The summed E-state index contributed by atoms with van der Waals surface area (Å²) >= 11 is 0. The maximum absolute atomic E-state index is 11.9. The molecule has 0 radical (unpaired) electrons. The van der Waals surface area contributed by atoms with E-state index in [1.807, 2.05) is 24.3 Å². The molecular formula is C17H16N4O. The lowest BCUT2D eigenvalue weighted by atomic mass is 9.95. The van der Waals surface area contributed by atoms with Crippen LogP contribution in [0.4, 0.5) is 0 Å². The summed E-state index contributed by atoms with van der Waals surface area (Å²) in [6.45, 7) is 0. The zero-order valence-corrected chi connectivity index (χ0v) is 12.0. The topological polar surface area (TPSA) is 76.7 Å². The molecule has 1 aromatic heterocycles. The fraction of sp³-hybridized carbons (Fsp3) is 0.176. The summed E-state index contributed by atoms with van der Waals surface area (Å²) in [4.78, 5) is 11.9. The Morgan fingerprint density at radius 3 is 2.82 bits per heavy atom. The molecule has 4 rings (SSSR count). The zero-order valence-electron chi connectivity index (χ0n) is 12.0. The molecule has 0 spiro atoms. The fourth-order valence-corrected chi connectivity index (χ4v) is 3.08. The second-order valence-electron chi connectivity index (χ2n) is 5.66. The van der Waals surface area contributed by atoms with Crippen molar-refractivity contribution in [3.05, 3.63) is 81.5 Å². The van der Waals surface area contributed by atoms with Crippen molar-refractivity contribution >= 4 is 0 Å². The van der Waals surface area contributed by atoms with Gasteiger partial charge < -0.3 is 5.73 Å². The van der Waals surface area contributed by atoms with Crippen LogP contribution in [0, 0.1) is 0 Å². The van der Waals surface area contributed by atoms with E-state index in [0.717, 1.165) is 17.7 Å². The van der Waals surface area contributed by atoms with Crippen LogP contribution in [0.3, 0.4) is 0 Å². The number of hydrogen-bond donors (Lipinski definition) is 2. The third kappa shape index (κ3) is 2.07. The smallest absolute Gasteiger partial charge is 0.321 e. The normalized spacial score (nSPS) is 16.1. The average Bonchev–Trinajstić information content (AvgIpc) is 2.91. The molecule has 0 saturated carbocycles. The van der Waals surface area contributed by atoms with Crippen LogP contribution in [0.2, 0.25) is 0 Å². The molecule has 0 fully saturated rings. The van der Waals surface area contributed by atoms with Gasteiger partial charge in [-0.25, -0.2) is 14.5 Å². The average molecular weight is 292 g/mol. The molecule has 1 unspecified atom stereocenters. The first kappa shape index (κ1) is 13.0. The van der Waals surface area contributed by atoms with Crippen molar-refractivity contribution < 1.29 is 0 Å². The molecule has 2 aromatic carbocycles. The molecule has 1 atom stereocenters. The second kappa shape index (κ2) is 4.96. The number of H-pyrrole nitrogens is 1. The van der Waals surface area contributed by atoms with Crippen LogP contribution in [0.15, 0.2) is 53.3 Å². The summed E-state index contributed by atoms with van der Waals surface area (Å²) in [5.41, 5.74) is 10.4. The number of nitrogens with one attached hydrogen (secondary N) is 1. The molecule has 0 saturated heterocycles. The van der Waals surface area contributed by atoms with Gasteiger partial charge in [0.2, 0.25) is 0 Å². The fourth-order valence-electron chi connectivity index (χ4n) is 3.08. The van der Waals surface area contributed by atoms with Crippen molar-refractivity contribution in [3.8, 4) is 5.69 Å². The van der Waals surface area contributed by atoms with E-state index in [1.54, 1.807) is 4.57 Å². The summed E-state index contributed by atoms with van der Waals surface area (Å²) in [5, 5.41) is 6.51. The van der Waals surface area contributed by atoms with Crippen LogP contribution < -0.4 is 11.4 Å². The predicted octanol–water partition coefficient (Wildman–Crippen LogP) is 1.71. The first-order valence-corrected chi connectivity index (χ1v) is 7.31. The van der Waals surface area contributed by atoms with E-state index in [4.69, 9.17) is 5.73 Å². The van der Waals surface area contributed by atoms with E-state index in [2.05, 4.69) is 34.5 Å². The van der Waals surface area contributed by atoms with Crippen LogP contribution >= 0.6 is 0 Å². The minimum absolute atomic E-state index is 0.234. The Morgan fingerprint density at radius 1 is 1.18 bits per heavy atom. The number of nitrogens with zero attached hydrogens (tertiary/aromatic N) is 2. The highest BCUT2D eigenvalue weighted by Crippen LogP contribution is 2.28. The van der Waals surface area contributed by atoms with Gasteiger partial charge in [0.1, 0.15) is 0 Å². The summed E-state index contributed by atoms with van der Waals surface area (Å²) < 4.78 is 1.58. The molecule has 3 N–H and O–H groups in total. The highest BCUT2D eigenvalue weighted by Gasteiger charge is 2.25. The largest absolute Gasteiger partial charge is 0.347 e. The van der Waals surface area contributed by atoms with Crippen molar-refractivity contribution in [2.45, 2.75) is 18.9 Å². The van der Waals surface area contributed by atoms with Gasteiger partial charge in [-0.15, -0.1) is 0 Å². The Bertz CT molecular complexity index is 879. The van der Waals surface area contributed by atoms with Crippen molar-refractivity contribution in [2.24, 2.45) is 5.73 Å². The lowest BCUT2D eigenvalue weighted by molar-refractivity contribution is 0.618. The molecule has 3 aromatic rings. The quantitative estimate of drug-likeness (QED) is 0.755. The number of aromatic nitrogens is 3. The summed E-state index contributed by atoms with van der Waals surface area (Å²) in [7, 11) is 0. The molecular weight excluding hydrogens is 276 g/mol. The summed E-state index contributed by atoms with van der Waals surface area (Å²) in [6.07, 6.45) is 1.57. The maximum atomic E-state index is 11.9. The minimum atomic E-state index is -0.251.